The molecule has 20 nitrogen and oxygen atoms in total. The fourth-order valence-corrected chi connectivity index (χ4v) is 5.85. The summed E-state index contributed by atoms with van der Waals surface area (Å²) in [5.41, 5.74) is -0.0350. The van der Waals surface area contributed by atoms with Gasteiger partial charge in [-0.15, -0.1) is 0 Å². The van der Waals surface area contributed by atoms with Gasteiger partial charge >= 0.3 is 0 Å². The molecule has 20 heteroatoms. The third-order valence-electron chi connectivity index (χ3n) is 8.51. The molecule has 0 aromatic rings. The van der Waals surface area contributed by atoms with Crippen molar-refractivity contribution >= 4 is 0 Å². The van der Waals surface area contributed by atoms with Gasteiger partial charge in [0.1, 0.15) is 85.5 Å². The van der Waals surface area contributed by atoms with Crippen LogP contribution in [-0.4, -0.2) is 214 Å². The van der Waals surface area contributed by atoms with Crippen LogP contribution in [0.3, 0.4) is 0 Å². The van der Waals surface area contributed by atoms with Crippen LogP contribution in [0.2, 0.25) is 0 Å². The van der Waals surface area contributed by atoms with Crippen LogP contribution in [0.15, 0.2) is 11.6 Å². The maximum Gasteiger partial charge on any atom is 0.187 e. The normalized spacial score (nSPS) is 51.2. The van der Waals surface area contributed by atoms with E-state index in [0.717, 1.165) is 0 Å². The number of nitrogens with one attached hydrogen (secondary N) is 1. The first-order valence-electron chi connectivity index (χ1n) is 14.3. The molecule has 15 N–H and O–H groups in total. The Morgan fingerprint density at radius 3 is 1.58 bits per heavy atom. The molecule has 3 saturated heterocycles. The summed E-state index contributed by atoms with van der Waals surface area (Å²) in [6, 6.07) is -2.51. The van der Waals surface area contributed by atoms with E-state index in [0.29, 0.717) is 0 Å². The largest absolute Gasteiger partial charge is 0.394 e. The summed E-state index contributed by atoms with van der Waals surface area (Å²) in [5.74, 6) is 0. The van der Waals surface area contributed by atoms with E-state index in [-0.39, 0.29) is 5.57 Å². The summed E-state index contributed by atoms with van der Waals surface area (Å²) < 4.78 is 27.2. The van der Waals surface area contributed by atoms with Gasteiger partial charge in [0.2, 0.25) is 0 Å². The number of rotatable bonds is 10. The van der Waals surface area contributed by atoms with Crippen molar-refractivity contribution < 1.29 is 95.2 Å². The maximum absolute atomic E-state index is 10.9. The van der Waals surface area contributed by atoms with E-state index in [2.05, 4.69) is 5.32 Å². The van der Waals surface area contributed by atoms with E-state index in [1.807, 2.05) is 0 Å². The van der Waals surface area contributed by atoms with Crippen molar-refractivity contribution in [2.45, 2.75) is 116 Å². The summed E-state index contributed by atoms with van der Waals surface area (Å²) >= 11 is 0. The van der Waals surface area contributed by atoms with E-state index < -0.39 is 143 Å². The Morgan fingerprint density at radius 2 is 1.04 bits per heavy atom. The topological polar surface area (TPSA) is 341 Å². The minimum atomic E-state index is -1.98. The highest BCUT2D eigenvalue weighted by molar-refractivity contribution is 5.22. The first-order chi connectivity index (χ1) is 21.3. The summed E-state index contributed by atoms with van der Waals surface area (Å²) in [7, 11) is 0. The van der Waals surface area contributed by atoms with Gasteiger partial charge in [0.15, 0.2) is 18.9 Å². The fraction of sp³-hybridized carbons (Fsp3) is 0.920. The Morgan fingerprint density at radius 1 is 0.556 bits per heavy atom. The Kier molecular flexibility index (Phi) is 12.6. The summed E-state index contributed by atoms with van der Waals surface area (Å²) in [5, 5.41) is 146. The molecule has 0 radical (unpaired) electrons. The number of ether oxygens (including phenoxy) is 5. The molecule has 45 heavy (non-hydrogen) atoms. The van der Waals surface area contributed by atoms with E-state index in [4.69, 9.17) is 23.7 Å². The van der Waals surface area contributed by atoms with Crippen molar-refractivity contribution in [3.63, 3.8) is 0 Å². The van der Waals surface area contributed by atoms with Gasteiger partial charge in [-0.05, 0) is 5.57 Å². The van der Waals surface area contributed by atoms with Crippen molar-refractivity contribution in [1.82, 2.24) is 5.32 Å². The molecule has 0 aromatic carbocycles. The monoisotopic (exact) mass is 661 g/mol. The fourth-order valence-electron chi connectivity index (χ4n) is 5.85. The van der Waals surface area contributed by atoms with Gasteiger partial charge in [0.25, 0.3) is 0 Å². The highest BCUT2D eigenvalue weighted by Crippen LogP contribution is 2.32. The predicted molar refractivity (Wildman–Crippen MR) is 139 cm³/mol. The molecule has 4 aliphatic rings. The van der Waals surface area contributed by atoms with E-state index in [1.165, 1.54) is 6.08 Å². The number of hydrogen-bond acceptors (Lipinski definition) is 20. The molecule has 0 amide bonds. The molecular formula is C25H43NO19. The standard InChI is InChI=1S/C25H43NO19/c27-2-6-1-7(13(32)15(34)12(6)31)26-11-8(3-28)42-24(19(38)14(11)33)45-22-10(5-30)43-25(20(39)17(22)36)44-21-9(4-29)41-23(40)18(37)16(21)35/h1,7-40H,2-5H2/t7-,8-,9-,10-,11-,12-,13+,14+,15+,16-,17-,18-,19-,20-,21-,22-,23?,24+,25+/m1/s1. The Hall–Kier alpha value is -1.06. The van der Waals surface area contributed by atoms with Gasteiger partial charge in [-0.3, -0.25) is 0 Å². The van der Waals surface area contributed by atoms with Gasteiger partial charge in [-0.2, -0.15) is 0 Å². The van der Waals surface area contributed by atoms with Gasteiger partial charge < -0.3 is 100 Å². The molecule has 0 spiro atoms. The molecule has 3 heterocycles. The minimum Gasteiger partial charge on any atom is -0.394 e. The molecule has 19 atom stereocenters. The Balaban J connectivity index is 1.45. The number of aliphatic hydroxyl groups excluding tert-OH is 14. The van der Waals surface area contributed by atoms with Crippen LogP contribution in [0.1, 0.15) is 0 Å². The zero-order chi connectivity index (χ0) is 33.3. The van der Waals surface area contributed by atoms with Gasteiger partial charge in [0.05, 0.1) is 38.5 Å². The molecule has 4 rings (SSSR count). The molecular weight excluding hydrogens is 618 g/mol. The molecule has 3 aliphatic heterocycles. The molecule has 1 unspecified atom stereocenters. The molecule has 3 fully saturated rings. The van der Waals surface area contributed by atoms with E-state index >= 15 is 0 Å². The van der Waals surface area contributed by atoms with Gasteiger partial charge in [0, 0.05) is 0 Å². The zero-order valence-electron chi connectivity index (χ0n) is 23.7. The first kappa shape index (κ1) is 36.8. The van der Waals surface area contributed by atoms with Crippen molar-refractivity contribution in [1.29, 1.82) is 0 Å². The summed E-state index contributed by atoms with van der Waals surface area (Å²) in [4.78, 5) is 0. The average molecular weight is 662 g/mol. The molecule has 0 saturated carbocycles. The smallest absolute Gasteiger partial charge is 0.187 e. The second-order valence-electron chi connectivity index (χ2n) is 11.4. The van der Waals surface area contributed by atoms with E-state index in [1.54, 1.807) is 0 Å². The van der Waals surface area contributed by atoms with Gasteiger partial charge in [-0.25, -0.2) is 0 Å². The lowest BCUT2D eigenvalue weighted by Gasteiger charge is -2.49. The van der Waals surface area contributed by atoms with Crippen LogP contribution < -0.4 is 5.32 Å². The lowest BCUT2D eigenvalue weighted by Crippen LogP contribution is -2.69. The average Bonchev–Trinajstić information content (AvgIpc) is 3.03. The third-order valence-corrected chi connectivity index (χ3v) is 8.51. The molecule has 0 bridgehead atoms. The molecule has 262 valence electrons. The zero-order valence-corrected chi connectivity index (χ0v) is 23.7. The second kappa shape index (κ2) is 15.4. The lowest BCUT2D eigenvalue weighted by atomic mass is 9.86. The van der Waals surface area contributed by atoms with Crippen LogP contribution in [0.5, 0.6) is 0 Å². The van der Waals surface area contributed by atoms with Crippen LogP contribution in [0.25, 0.3) is 0 Å². The van der Waals surface area contributed by atoms with Crippen molar-refractivity contribution in [2.75, 3.05) is 26.4 Å². The highest BCUT2D eigenvalue weighted by Gasteiger charge is 2.54. The highest BCUT2D eigenvalue weighted by atomic mass is 16.7. The summed E-state index contributed by atoms with van der Waals surface area (Å²) in [6.07, 6.45) is -28.1. The molecule has 1 aliphatic carbocycles. The number of aliphatic hydroxyl groups is 14. The first-order valence-corrected chi connectivity index (χ1v) is 14.3. The summed E-state index contributed by atoms with van der Waals surface area (Å²) in [6.45, 7) is -3.13. The predicted octanol–water partition coefficient (Wildman–Crippen LogP) is -9.59. The van der Waals surface area contributed by atoms with Gasteiger partial charge in [-0.1, -0.05) is 6.08 Å². The van der Waals surface area contributed by atoms with Crippen molar-refractivity contribution in [3.05, 3.63) is 11.6 Å². The van der Waals surface area contributed by atoms with E-state index in [9.17, 15) is 71.5 Å². The molecule has 0 aromatic heterocycles. The SMILES string of the molecule is OCC1=C[C@@H](N[C@H]2[C@H](O)[C@@H](O)[C@H](O[C@H]3[C@H](O)[C@@H](O)[C@H](O[C@H]4[C@H](O)[C@@H](O)C(O)O[C@@H]4CO)O[C@@H]3CO)O[C@@H]2CO)[C@H](O)[C@@H](O)[C@@H]1O. The van der Waals surface area contributed by atoms with Crippen LogP contribution in [-0.2, 0) is 23.7 Å². The number of hydrogen-bond donors (Lipinski definition) is 15. The second-order valence-corrected chi connectivity index (χ2v) is 11.4. The quantitative estimate of drug-likeness (QED) is 0.0966. The maximum atomic E-state index is 10.9. The van der Waals surface area contributed by atoms with Crippen LogP contribution in [0, 0.1) is 0 Å². The van der Waals surface area contributed by atoms with Crippen LogP contribution >= 0.6 is 0 Å². The third kappa shape index (κ3) is 7.35. The lowest BCUT2D eigenvalue weighted by molar-refractivity contribution is -0.374. The van der Waals surface area contributed by atoms with Crippen molar-refractivity contribution in [3.8, 4) is 0 Å². The Labute approximate surface area is 255 Å². The van der Waals surface area contributed by atoms with Crippen molar-refractivity contribution in [2.24, 2.45) is 0 Å². The van der Waals surface area contributed by atoms with Crippen LogP contribution in [0.4, 0.5) is 0 Å². The Bertz CT molecular complexity index is 973. The minimum absolute atomic E-state index is 0.0350.